The highest BCUT2D eigenvalue weighted by molar-refractivity contribution is 5.92. The molecule has 1 fully saturated rings. The molecule has 1 saturated heterocycles. The van der Waals surface area contributed by atoms with Crippen molar-refractivity contribution in [3.8, 4) is 17.2 Å². The maximum Gasteiger partial charge on any atom is 0.225 e. The van der Waals surface area contributed by atoms with Crippen LogP contribution in [0.4, 0.5) is 11.4 Å². The summed E-state index contributed by atoms with van der Waals surface area (Å²) in [5.41, 5.74) is 1.86. The van der Waals surface area contributed by atoms with Crippen LogP contribution in [-0.4, -0.2) is 50.6 Å². The highest BCUT2D eigenvalue weighted by atomic mass is 16.5. The van der Waals surface area contributed by atoms with Gasteiger partial charge in [0.15, 0.2) is 5.75 Å². The van der Waals surface area contributed by atoms with Gasteiger partial charge in [0.1, 0.15) is 11.5 Å². The number of carbonyl (C=O) groups is 1. The third-order valence-electron chi connectivity index (χ3n) is 5.58. The summed E-state index contributed by atoms with van der Waals surface area (Å²) in [7, 11) is 1.69. The topological polar surface area (TPSA) is 54.0 Å². The highest BCUT2D eigenvalue weighted by Crippen LogP contribution is 2.29. The Kier molecular flexibility index (Phi) is 7.25. The van der Waals surface area contributed by atoms with Gasteiger partial charge in [-0.15, -0.1) is 0 Å². The molecule has 3 aromatic rings. The number of amides is 1. The number of hydrogen-bond acceptors (Lipinski definition) is 5. The van der Waals surface area contributed by atoms with Gasteiger partial charge in [0, 0.05) is 50.9 Å². The van der Waals surface area contributed by atoms with Crippen LogP contribution in [0.5, 0.6) is 17.2 Å². The molecular formula is C26H29N3O3. The van der Waals surface area contributed by atoms with E-state index in [1.807, 2.05) is 66.7 Å². The zero-order chi connectivity index (χ0) is 22.2. The van der Waals surface area contributed by atoms with Gasteiger partial charge in [0.2, 0.25) is 5.91 Å². The first-order valence-electron chi connectivity index (χ1n) is 10.9. The summed E-state index contributed by atoms with van der Waals surface area (Å²) in [6.45, 7) is 4.46. The van der Waals surface area contributed by atoms with Crippen molar-refractivity contribution < 1.29 is 14.3 Å². The van der Waals surface area contributed by atoms with Gasteiger partial charge in [0.25, 0.3) is 0 Å². The molecule has 0 radical (unpaired) electrons. The van der Waals surface area contributed by atoms with Crippen molar-refractivity contribution in [3.05, 3.63) is 78.9 Å². The van der Waals surface area contributed by atoms with Crippen LogP contribution >= 0.6 is 0 Å². The molecule has 1 amide bonds. The minimum atomic E-state index is -0.00987. The van der Waals surface area contributed by atoms with Crippen LogP contribution < -0.4 is 19.7 Å². The molecule has 32 heavy (non-hydrogen) atoms. The van der Waals surface area contributed by atoms with Crippen LogP contribution in [0.1, 0.15) is 6.42 Å². The van der Waals surface area contributed by atoms with Gasteiger partial charge in [-0.05, 0) is 36.4 Å². The summed E-state index contributed by atoms with van der Waals surface area (Å²) < 4.78 is 11.3. The summed E-state index contributed by atoms with van der Waals surface area (Å²) in [5.74, 6) is 2.24. The summed E-state index contributed by atoms with van der Waals surface area (Å²) in [4.78, 5) is 17.3. The number of methoxy groups -OCH3 is 1. The van der Waals surface area contributed by atoms with Crippen molar-refractivity contribution in [1.82, 2.24) is 4.90 Å². The first-order valence-corrected chi connectivity index (χ1v) is 10.9. The molecule has 0 aliphatic carbocycles. The number of piperazine rings is 1. The Bertz CT molecular complexity index is 1020. The molecule has 1 N–H and O–H groups in total. The average Bonchev–Trinajstić information content (AvgIpc) is 2.85. The Morgan fingerprint density at radius 1 is 0.875 bits per heavy atom. The number of nitrogens with zero attached hydrogens (tertiary/aromatic N) is 2. The fourth-order valence-electron chi connectivity index (χ4n) is 3.78. The Hall–Kier alpha value is -3.51. The van der Waals surface area contributed by atoms with E-state index < -0.39 is 0 Å². The quantitative estimate of drug-likeness (QED) is 0.563. The maximum absolute atomic E-state index is 12.6. The van der Waals surface area contributed by atoms with Crippen molar-refractivity contribution in [3.63, 3.8) is 0 Å². The standard InChI is InChI=1S/C26H29N3O3/c1-31-23-11-7-8-21(20-23)29-18-16-28(17-19-29)15-14-26(30)27-24-12-5-6-13-25(24)32-22-9-3-2-4-10-22/h2-13,20H,14-19H2,1H3,(H,27,30). The van der Waals surface area contributed by atoms with Crippen LogP contribution in [0.15, 0.2) is 78.9 Å². The third-order valence-corrected chi connectivity index (χ3v) is 5.58. The van der Waals surface area contributed by atoms with Crippen molar-refractivity contribution in [1.29, 1.82) is 0 Å². The number of nitrogens with one attached hydrogen (secondary N) is 1. The summed E-state index contributed by atoms with van der Waals surface area (Å²) >= 11 is 0. The number of anilines is 2. The van der Waals surface area contributed by atoms with Crippen LogP contribution in [-0.2, 0) is 4.79 Å². The van der Waals surface area contributed by atoms with Crippen LogP contribution in [0.3, 0.4) is 0 Å². The van der Waals surface area contributed by atoms with Gasteiger partial charge in [-0.2, -0.15) is 0 Å². The minimum Gasteiger partial charge on any atom is -0.497 e. The molecule has 6 heteroatoms. The van der Waals surface area contributed by atoms with Crippen molar-refractivity contribution in [2.75, 3.05) is 50.1 Å². The Balaban J connectivity index is 1.25. The monoisotopic (exact) mass is 431 g/mol. The van der Waals surface area contributed by atoms with Gasteiger partial charge in [-0.25, -0.2) is 0 Å². The Morgan fingerprint density at radius 3 is 2.38 bits per heavy atom. The molecule has 1 aliphatic heterocycles. The molecular weight excluding hydrogens is 402 g/mol. The van der Waals surface area contributed by atoms with Crippen LogP contribution in [0, 0.1) is 0 Å². The predicted octanol–water partition coefficient (Wildman–Crippen LogP) is 4.64. The third kappa shape index (κ3) is 5.80. The summed E-state index contributed by atoms with van der Waals surface area (Å²) in [6.07, 6.45) is 0.443. The molecule has 6 nitrogen and oxygen atoms in total. The number of para-hydroxylation sites is 3. The van der Waals surface area contributed by atoms with Gasteiger partial charge in [0.05, 0.1) is 12.8 Å². The lowest BCUT2D eigenvalue weighted by Gasteiger charge is -2.36. The molecule has 0 aromatic heterocycles. The average molecular weight is 432 g/mol. The van der Waals surface area contributed by atoms with E-state index in [-0.39, 0.29) is 5.91 Å². The van der Waals surface area contributed by atoms with Crippen molar-refractivity contribution in [2.24, 2.45) is 0 Å². The molecule has 4 rings (SSSR count). The molecule has 0 bridgehead atoms. The number of hydrogen-bond donors (Lipinski definition) is 1. The van der Waals surface area contributed by atoms with E-state index in [2.05, 4.69) is 27.2 Å². The Labute approximate surface area is 189 Å². The second-order valence-corrected chi connectivity index (χ2v) is 7.74. The first kappa shape index (κ1) is 21.7. The zero-order valence-electron chi connectivity index (χ0n) is 18.4. The first-order chi connectivity index (χ1) is 15.7. The van der Waals surface area contributed by atoms with Crippen LogP contribution in [0.2, 0.25) is 0 Å². The number of rotatable bonds is 8. The molecule has 166 valence electrons. The minimum absolute atomic E-state index is 0.00987. The van der Waals surface area contributed by atoms with Crippen molar-refractivity contribution >= 4 is 17.3 Å². The summed E-state index contributed by atoms with van der Waals surface area (Å²) in [6, 6.07) is 25.2. The molecule has 0 atom stereocenters. The second kappa shape index (κ2) is 10.7. The van der Waals surface area contributed by atoms with E-state index in [0.717, 1.165) is 44.2 Å². The molecule has 1 heterocycles. The van der Waals surface area contributed by atoms with E-state index in [9.17, 15) is 4.79 Å². The molecule has 0 unspecified atom stereocenters. The second-order valence-electron chi connectivity index (χ2n) is 7.74. The highest BCUT2D eigenvalue weighted by Gasteiger charge is 2.18. The molecule has 0 saturated carbocycles. The number of ether oxygens (including phenoxy) is 2. The largest absolute Gasteiger partial charge is 0.497 e. The Morgan fingerprint density at radius 2 is 1.59 bits per heavy atom. The number of benzene rings is 3. The van der Waals surface area contributed by atoms with E-state index >= 15 is 0 Å². The lowest BCUT2D eigenvalue weighted by atomic mass is 10.2. The lowest BCUT2D eigenvalue weighted by Crippen LogP contribution is -2.47. The van der Waals surface area contributed by atoms with Gasteiger partial charge < -0.3 is 19.7 Å². The van der Waals surface area contributed by atoms with Gasteiger partial charge in [-0.3, -0.25) is 9.69 Å². The molecule has 1 aliphatic rings. The smallest absolute Gasteiger partial charge is 0.225 e. The van der Waals surface area contributed by atoms with Crippen LogP contribution in [0.25, 0.3) is 0 Å². The SMILES string of the molecule is COc1cccc(N2CCN(CCC(=O)Nc3ccccc3Oc3ccccc3)CC2)c1. The van der Waals surface area contributed by atoms with Gasteiger partial charge in [-0.1, -0.05) is 36.4 Å². The zero-order valence-corrected chi connectivity index (χ0v) is 18.4. The summed E-state index contributed by atoms with van der Waals surface area (Å²) in [5, 5.41) is 3.00. The molecule has 3 aromatic carbocycles. The predicted molar refractivity (Wildman–Crippen MR) is 128 cm³/mol. The maximum atomic E-state index is 12.6. The van der Waals surface area contributed by atoms with Gasteiger partial charge >= 0.3 is 0 Å². The van der Waals surface area contributed by atoms with Crippen molar-refractivity contribution in [2.45, 2.75) is 6.42 Å². The fraction of sp³-hybridized carbons (Fsp3) is 0.269. The molecule has 0 spiro atoms. The van der Waals surface area contributed by atoms with E-state index in [0.29, 0.717) is 17.9 Å². The van der Waals surface area contributed by atoms with E-state index in [4.69, 9.17) is 9.47 Å². The van der Waals surface area contributed by atoms with E-state index in [1.165, 1.54) is 5.69 Å². The fourth-order valence-corrected chi connectivity index (χ4v) is 3.78. The van der Waals surface area contributed by atoms with E-state index in [1.54, 1.807) is 7.11 Å². The lowest BCUT2D eigenvalue weighted by molar-refractivity contribution is -0.116. The normalized spacial score (nSPS) is 14.1. The number of carbonyl (C=O) groups excluding carboxylic acids is 1.